The molecule has 0 amide bonds. The molecule has 0 spiro atoms. The predicted octanol–water partition coefficient (Wildman–Crippen LogP) is 5.62. The van der Waals surface area contributed by atoms with Gasteiger partial charge in [-0.05, 0) is 46.4 Å². The maximum atomic E-state index is 2.35. The van der Waals surface area contributed by atoms with Crippen molar-refractivity contribution in [2.45, 2.75) is 72.6 Å². The van der Waals surface area contributed by atoms with Gasteiger partial charge in [-0.15, -0.1) is 0 Å². The summed E-state index contributed by atoms with van der Waals surface area (Å²) in [6, 6.07) is 4.70. The minimum atomic E-state index is 0.621. The summed E-state index contributed by atoms with van der Waals surface area (Å²) in [6.07, 6.45) is 1.14. The minimum Gasteiger partial charge on any atom is -0.0613 e. The lowest BCUT2D eigenvalue weighted by Crippen LogP contribution is -2.08. The van der Waals surface area contributed by atoms with E-state index in [9.17, 15) is 0 Å². The Balaban J connectivity index is 3.53. The third-order valence-electron chi connectivity index (χ3n) is 3.57. The topological polar surface area (TPSA) is 0 Å². The highest BCUT2D eigenvalue weighted by molar-refractivity contribution is 5.46. The van der Waals surface area contributed by atoms with Gasteiger partial charge in [-0.1, -0.05) is 60.6 Å². The number of aryl methyl sites for hydroxylation is 1. The van der Waals surface area contributed by atoms with Crippen molar-refractivity contribution in [3.05, 3.63) is 34.4 Å². The van der Waals surface area contributed by atoms with Crippen LogP contribution in [0.3, 0.4) is 0 Å². The van der Waals surface area contributed by atoms with Crippen molar-refractivity contribution in [3.8, 4) is 0 Å². The van der Waals surface area contributed by atoms with E-state index >= 15 is 0 Å². The molecule has 17 heavy (non-hydrogen) atoms. The van der Waals surface area contributed by atoms with Crippen molar-refractivity contribution in [2.75, 3.05) is 0 Å². The van der Waals surface area contributed by atoms with Crippen molar-refractivity contribution in [2.24, 2.45) is 0 Å². The molecule has 96 valence electrons. The van der Waals surface area contributed by atoms with E-state index in [0.29, 0.717) is 17.8 Å². The minimum absolute atomic E-state index is 0.621. The van der Waals surface area contributed by atoms with E-state index in [0.717, 1.165) is 6.42 Å². The molecule has 1 aromatic carbocycles. The van der Waals surface area contributed by atoms with E-state index in [1.165, 1.54) is 5.56 Å². The summed E-state index contributed by atoms with van der Waals surface area (Å²) in [4.78, 5) is 0. The number of benzene rings is 1. The van der Waals surface area contributed by atoms with Crippen molar-refractivity contribution < 1.29 is 0 Å². The summed E-state index contributed by atoms with van der Waals surface area (Å²) in [5.74, 6) is 1.87. The molecule has 0 atom stereocenters. The van der Waals surface area contributed by atoms with Crippen molar-refractivity contribution in [1.29, 1.82) is 0 Å². The van der Waals surface area contributed by atoms with E-state index in [1.54, 1.807) is 16.7 Å². The molecule has 0 N–H and O–H groups in total. The van der Waals surface area contributed by atoms with Crippen LogP contribution in [0.25, 0.3) is 0 Å². The van der Waals surface area contributed by atoms with Crippen LogP contribution in [-0.4, -0.2) is 0 Å². The fraction of sp³-hybridized carbons (Fsp3) is 0.647. The highest BCUT2D eigenvalue weighted by Crippen LogP contribution is 2.35. The Morgan fingerprint density at radius 2 is 1.29 bits per heavy atom. The highest BCUT2D eigenvalue weighted by Gasteiger charge is 2.18. The molecular weight excluding hydrogens is 204 g/mol. The molecule has 0 saturated carbocycles. The molecule has 0 fully saturated rings. The first-order chi connectivity index (χ1) is 7.90. The average molecular weight is 232 g/mol. The van der Waals surface area contributed by atoms with Gasteiger partial charge in [-0.25, -0.2) is 0 Å². The van der Waals surface area contributed by atoms with Crippen LogP contribution < -0.4 is 0 Å². The van der Waals surface area contributed by atoms with Crippen molar-refractivity contribution >= 4 is 0 Å². The van der Waals surface area contributed by atoms with E-state index in [1.807, 2.05) is 0 Å². The Morgan fingerprint density at radius 3 is 1.65 bits per heavy atom. The smallest absolute Gasteiger partial charge is 0.0213 e. The Hall–Kier alpha value is -0.780. The van der Waals surface area contributed by atoms with Gasteiger partial charge in [0.2, 0.25) is 0 Å². The second-order valence-corrected chi connectivity index (χ2v) is 5.96. The van der Waals surface area contributed by atoms with Crippen LogP contribution >= 0.6 is 0 Å². The number of rotatable bonds is 4. The Kier molecular flexibility index (Phi) is 4.80. The molecule has 0 aliphatic rings. The third-order valence-corrected chi connectivity index (χ3v) is 3.57. The molecule has 0 aromatic heterocycles. The molecule has 0 aliphatic carbocycles. The van der Waals surface area contributed by atoms with Gasteiger partial charge in [0.15, 0.2) is 0 Å². The van der Waals surface area contributed by atoms with Crippen LogP contribution in [0.5, 0.6) is 0 Å². The van der Waals surface area contributed by atoms with Crippen LogP contribution in [0.15, 0.2) is 12.1 Å². The SMILES string of the molecule is CCc1ccc(C(C)C)c(C(C)C)c1C(C)C. The lowest BCUT2D eigenvalue weighted by molar-refractivity contribution is 0.738. The quantitative estimate of drug-likeness (QED) is 0.632. The van der Waals surface area contributed by atoms with Gasteiger partial charge in [0.1, 0.15) is 0 Å². The first-order valence-electron chi connectivity index (χ1n) is 7.05. The van der Waals surface area contributed by atoms with E-state index in [2.05, 4.69) is 60.6 Å². The van der Waals surface area contributed by atoms with Gasteiger partial charge >= 0.3 is 0 Å². The van der Waals surface area contributed by atoms with Crippen LogP contribution in [-0.2, 0) is 6.42 Å². The molecule has 0 bridgehead atoms. The molecular formula is C17H28. The summed E-state index contributed by atoms with van der Waals surface area (Å²) < 4.78 is 0. The van der Waals surface area contributed by atoms with Crippen LogP contribution in [0.4, 0.5) is 0 Å². The molecule has 0 aliphatic heterocycles. The summed E-state index contributed by atoms with van der Waals surface area (Å²) in [7, 11) is 0. The van der Waals surface area contributed by atoms with Crippen LogP contribution in [0.2, 0.25) is 0 Å². The molecule has 1 aromatic rings. The molecule has 1 rings (SSSR count). The van der Waals surface area contributed by atoms with Crippen LogP contribution in [0, 0.1) is 0 Å². The van der Waals surface area contributed by atoms with Gasteiger partial charge in [0.25, 0.3) is 0 Å². The van der Waals surface area contributed by atoms with Gasteiger partial charge < -0.3 is 0 Å². The van der Waals surface area contributed by atoms with E-state index in [4.69, 9.17) is 0 Å². The Morgan fingerprint density at radius 1 is 0.765 bits per heavy atom. The lowest BCUT2D eigenvalue weighted by Gasteiger charge is -2.25. The van der Waals surface area contributed by atoms with Crippen molar-refractivity contribution in [1.82, 2.24) is 0 Å². The Labute approximate surface area is 107 Å². The first kappa shape index (κ1) is 14.3. The summed E-state index contributed by atoms with van der Waals surface area (Å²) in [5, 5.41) is 0. The second-order valence-electron chi connectivity index (χ2n) is 5.96. The van der Waals surface area contributed by atoms with Gasteiger partial charge in [0, 0.05) is 0 Å². The molecule has 0 heterocycles. The van der Waals surface area contributed by atoms with Crippen LogP contribution in [0.1, 0.15) is 88.5 Å². The van der Waals surface area contributed by atoms with Crippen molar-refractivity contribution in [3.63, 3.8) is 0 Å². The third kappa shape index (κ3) is 2.91. The fourth-order valence-electron chi connectivity index (χ4n) is 2.84. The maximum Gasteiger partial charge on any atom is -0.0213 e. The highest BCUT2D eigenvalue weighted by atomic mass is 14.2. The fourth-order valence-corrected chi connectivity index (χ4v) is 2.84. The zero-order chi connectivity index (χ0) is 13.2. The molecule has 0 radical (unpaired) electrons. The summed E-state index contributed by atoms with van der Waals surface area (Å²) in [6.45, 7) is 16.2. The standard InChI is InChI=1S/C17H28/c1-8-14-9-10-15(11(2)3)17(13(6)7)16(14)12(4)5/h9-13H,8H2,1-7H3. The molecule has 0 nitrogen and oxygen atoms in total. The van der Waals surface area contributed by atoms with E-state index in [-0.39, 0.29) is 0 Å². The first-order valence-corrected chi connectivity index (χ1v) is 7.05. The zero-order valence-electron chi connectivity index (χ0n) is 12.6. The monoisotopic (exact) mass is 232 g/mol. The molecule has 0 unspecified atom stereocenters. The Bertz CT molecular complexity index is 370. The zero-order valence-corrected chi connectivity index (χ0v) is 12.6. The molecule has 0 saturated heterocycles. The second kappa shape index (κ2) is 5.71. The van der Waals surface area contributed by atoms with Gasteiger partial charge in [-0.3, -0.25) is 0 Å². The normalized spacial score (nSPS) is 11.9. The summed E-state index contributed by atoms with van der Waals surface area (Å²) in [5.41, 5.74) is 6.29. The largest absolute Gasteiger partial charge is 0.0613 e. The average Bonchev–Trinajstić information content (AvgIpc) is 2.26. The van der Waals surface area contributed by atoms with E-state index < -0.39 is 0 Å². The van der Waals surface area contributed by atoms with Gasteiger partial charge in [-0.2, -0.15) is 0 Å². The predicted molar refractivity (Wildman–Crippen MR) is 78.1 cm³/mol. The number of hydrogen-bond acceptors (Lipinski definition) is 0. The maximum absolute atomic E-state index is 2.35. The molecule has 0 heteroatoms. The summed E-state index contributed by atoms with van der Waals surface area (Å²) >= 11 is 0. The van der Waals surface area contributed by atoms with Gasteiger partial charge in [0.05, 0.1) is 0 Å². The lowest BCUT2D eigenvalue weighted by atomic mass is 9.80. The number of hydrogen-bond donors (Lipinski definition) is 0.